The topological polar surface area (TPSA) is 24.5 Å². The van der Waals surface area contributed by atoms with E-state index in [4.69, 9.17) is 4.74 Å². The average Bonchev–Trinajstić information content (AvgIpc) is 2.89. The molecule has 1 saturated carbocycles. The van der Waals surface area contributed by atoms with Crippen molar-refractivity contribution >= 4 is 0 Å². The fraction of sp³-hybridized carbons (Fsp3) is 1.00. The number of hydrogen-bond donors (Lipinski definition) is 1. The summed E-state index contributed by atoms with van der Waals surface area (Å²) in [5, 5.41) is 3.75. The van der Waals surface area contributed by atoms with Crippen molar-refractivity contribution in [3.63, 3.8) is 0 Å². The summed E-state index contributed by atoms with van der Waals surface area (Å²) in [4.78, 5) is 2.71. The molecule has 3 fully saturated rings. The molecule has 2 aliphatic heterocycles. The SMILES string of the molecule is CC(C)(C)C1CCN(CC2(CNC3CC3)CCOC2)C1. The highest BCUT2D eigenvalue weighted by atomic mass is 16.5. The number of hydrogen-bond acceptors (Lipinski definition) is 3. The predicted molar refractivity (Wildman–Crippen MR) is 82.9 cm³/mol. The molecule has 2 unspecified atom stereocenters. The van der Waals surface area contributed by atoms with Crippen LogP contribution in [0.2, 0.25) is 0 Å². The molecule has 0 spiro atoms. The summed E-state index contributed by atoms with van der Waals surface area (Å²) >= 11 is 0. The first-order chi connectivity index (χ1) is 9.47. The molecule has 0 amide bonds. The maximum atomic E-state index is 5.75. The van der Waals surface area contributed by atoms with Gasteiger partial charge in [-0.1, -0.05) is 20.8 Å². The molecule has 2 saturated heterocycles. The highest BCUT2D eigenvalue weighted by molar-refractivity contribution is 4.94. The van der Waals surface area contributed by atoms with Gasteiger partial charge in [0.25, 0.3) is 0 Å². The lowest BCUT2D eigenvalue weighted by Crippen LogP contribution is -2.45. The standard InChI is InChI=1S/C17H32N2O/c1-16(2,3)14-6-8-19(10-14)12-17(7-9-20-13-17)11-18-15-4-5-15/h14-15,18H,4-13H2,1-3H3. The van der Waals surface area contributed by atoms with Gasteiger partial charge in [-0.15, -0.1) is 0 Å². The lowest BCUT2D eigenvalue weighted by Gasteiger charge is -2.33. The molecule has 0 aromatic carbocycles. The van der Waals surface area contributed by atoms with Crippen LogP contribution in [0.25, 0.3) is 0 Å². The highest BCUT2D eigenvalue weighted by Gasteiger charge is 2.40. The van der Waals surface area contributed by atoms with E-state index < -0.39 is 0 Å². The second-order valence-electron chi connectivity index (χ2n) is 8.54. The van der Waals surface area contributed by atoms with Gasteiger partial charge < -0.3 is 15.0 Å². The number of nitrogens with one attached hydrogen (secondary N) is 1. The number of likely N-dealkylation sites (tertiary alicyclic amines) is 1. The van der Waals surface area contributed by atoms with E-state index in [0.717, 1.165) is 31.7 Å². The minimum Gasteiger partial charge on any atom is -0.381 e. The Labute approximate surface area is 124 Å². The molecule has 2 atom stereocenters. The molecule has 0 radical (unpaired) electrons. The fourth-order valence-corrected chi connectivity index (χ4v) is 3.78. The molecule has 116 valence electrons. The average molecular weight is 280 g/mol. The molecule has 3 nitrogen and oxygen atoms in total. The zero-order valence-corrected chi connectivity index (χ0v) is 13.6. The molecule has 3 heteroatoms. The lowest BCUT2D eigenvalue weighted by atomic mass is 9.80. The van der Waals surface area contributed by atoms with Crippen LogP contribution in [0.15, 0.2) is 0 Å². The van der Waals surface area contributed by atoms with Crippen LogP contribution in [0, 0.1) is 16.7 Å². The van der Waals surface area contributed by atoms with E-state index in [2.05, 4.69) is 31.0 Å². The van der Waals surface area contributed by atoms with Crippen molar-refractivity contribution in [3.05, 3.63) is 0 Å². The van der Waals surface area contributed by atoms with Gasteiger partial charge >= 0.3 is 0 Å². The molecule has 20 heavy (non-hydrogen) atoms. The quantitative estimate of drug-likeness (QED) is 0.837. The van der Waals surface area contributed by atoms with Crippen LogP contribution in [0.3, 0.4) is 0 Å². The molecule has 3 rings (SSSR count). The van der Waals surface area contributed by atoms with Gasteiger partial charge in [0.05, 0.1) is 6.61 Å². The largest absolute Gasteiger partial charge is 0.381 e. The molecule has 1 aliphatic carbocycles. The molecular weight excluding hydrogens is 248 g/mol. The van der Waals surface area contributed by atoms with Crippen molar-refractivity contribution in [2.45, 2.75) is 52.5 Å². The fourth-order valence-electron chi connectivity index (χ4n) is 3.78. The van der Waals surface area contributed by atoms with Crippen LogP contribution < -0.4 is 5.32 Å². The van der Waals surface area contributed by atoms with E-state index in [1.165, 1.54) is 45.3 Å². The lowest BCUT2D eigenvalue weighted by molar-refractivity contribution is 0.112. The van der Waals surface area contributed by atoms with Crippen molar-refractivity contribution < 1.29 is 4.74 Å². The van der Waals surface area contributed by atoms with Crippen molar-refractivity contribution in [2.24, 2.45) is 16.7 Å². The summed E-state index contributed by atoms with van der Waals surface area (Å²) in [6.07, 6.45) is 5.37. The Morgan fingerprint density at radius 2 is 2.05 bits per heavy atom. The van der Waals surface area contributed by atoms with Crippen molar-refractivity contribution in [1.29, 1.82) is 0 Å². The van der Waals surface area contributed by atoms with E-state index in [1.807, 2.05) is 0 Å². The molecular formula is C17H32N2O. The van der Waals surface area contributed by atoms with Gasteiger partial charge in [-0.3, -0.25) is 0 Å². The van der Waals surface area contributed by atoms with Gasteiger partial charge in [0.1, 0.15) is 0 Å². The van der Waals surface area contributed by atoms with Crippen LogP contribution >= 0.6 is 0 Å². The Kier molecular flexibility index (Phi) is 4.13. The minimum absolute atomic E-state index is 0.384. The monoisotopic (exact) mass is 280 g/mol. The van der Waals surface area contributed by atoms with Crippen LogP contribution in [0.1, 0.15) is 46.5 Å². The van der Waals surface area contributed by atoms with Gasteiger partial charge in [-0.25, -0.2) is 0 Å². The number of ether oxygens (including phenoxy) is 1. The first kappa shape index (κ1) is 14.8. The Balaban J connectivity index is 1.54. The van der Waals surface area contributed by atoms with Gasteiger partial charge in [-0.05, 0) is 43.6 Å². The molecule has 0 aromatic heterocycles. The Morgan fingerprint density at radius 1 is 1.25 bits per heavy atom. The zero-order chi connectivity index (χ0) is 14.2. The minimum atomic E-state index is 0.384. The van der Waals surface area contributed by atoms with Crippen molar-refractivity contribution in [2.75, 3.05) is 39.4 Å². The molecule has 0 aromatic rings. The summed E-state index contributed by atoms with van der Waals surface area (Å²) < 4.78 is 5.75. The summed E-state index contributed by atoms with van der Waals surface area (Å²) in [5.41, 5.74) is 0.843. The Hall–Kier alpha value is -0.120. The summed E-state index contributed by atoms with van der Waals surface area (Å²) in [5.74, 6) is 0.860. The maximum absolute atomic E-state index is 5.75. The zero-order valence-electron chi connectivity index (χ0n) is 13.6. The van der Waals surface area contributed by atoms with Gasteiger partial charge in [0, 0.05) is 37.7 Å². The van der Waals surface area contributed by atoms with Gasteiger partial charge in [-0.2, -0.15) is 0 Å². The summed E-state index contributed by atoms with van der Waals surface area (Å²) in [6.45, 7) is 14.1. The third kappa shape index (κ3) is 3.55. The smallest absolute Gasteiger partial charge is 0.0547 e. The van der Waals surface area contributed by atoms with Crippen LogP contribution in [-0.2, 0) is 4.74 Å². The van der Waals surface area contributed by atoms with E-state index in [-0.39, 0.29) is 0 Å². The van der Waals surface area contributed by atoms with E-state index in [9.17, 15) is 0 Å². The Bertz CT molecular complexity index is 326. The van der Waals surface area contributed by atoms with E-state index >= 15 is 0 Å². The highest BCUT2D eigenvalue weighted by Crippen LogP contribution is 2.37. The summed E-state index contributed by atoms with van der Waals surface area (Å²) in [7, 11) is 0. The van der Waals surface area contributed by atoms with Crippen LogP contribution in [-0.4, -0.2) is 50.3 Å². The summed E-state index contributed by atoms with van der Waals surface area (Å²) in [6, 6.07) is 0.813. The second-order valence-corrected chi connectivity index (χ2v) is 8.54. The molecule has 1 N–H and O–H groups in total. The van der Waals surface area contributed by atoms with Gasteiger partial charge in [0.2, 0.25) is 0 Å². The van der Waals surface area contributed by atoms with E-state index in [0.29, 0.717) is 10.8 Å². The van der Waals surface area contributed by atoms with Crippen LogP contribution in [0.4, 0.5) is 0 Å². The van der Waals surface area contributed by atoms with Crippen molar-refractivity contribution in [3.8, 4) is 0 Å². The maximum Gasteiger partial charge on any atom is 0.0547 e. The van der Waals surface area contributed by atoms with Gasteiger partial charge in [0.15, 0.2) is 0 Å². The molecule has 2 heterocycles. The van der Waals surface area contributed by atoms with E-state index in [1.54, 1.807) is 0 Å². The third-order valence-electron chi connectivity index (χ3n) is 5.58. The number of nitrogens with zero attached hydrogens (tertiary/aromatic N) is 1. The van der Waals surface area contributed by atoms with Crippen LogP contribution in [0.5, 0.6) is 0 Å². The number of rotatable bonds is 5. The predicted octanol–water partition coefficient (Wildman–Crippen LogP) is 2.51. The second kappa shape index (κ2) is 5.58. The first-order valence-corrected chi connectivity index (χ1v) is 8.50. The normalized spacial score (nSPS) is 35.9. The van der Waals surface area contributed by atoms with Crippen molar-refractivity contribution in [1.82, 2.24) is 10.2 Å². The molecule has 0 bridgehead atoms. The Morgan fingerprint density at radius 3 is 2.60 bits per heavy atom. The molecule has 3 aliphatic rings. The third-order valence-corrected chi connectivity index (χ3v) is 5.58. The first-order valence-electron chi connectivity index (χ1n) is 8.50.